The van der Waals surface area contributed by atoms with Gasteiger partial charge in [-0.3, -0.25) is 0 Å². The van der Waals surface area contributed by atoms with E-state index in [9.17, 15) is 0 Å². The molecule has 0 spiro atoms. The predicted molar refractivity (Wildman–Crippen MR) is 144 cm³/mol. The van der Waals surface area contributed by atoms with Gasteiger partial charge in [0.1, 0.15) is 0 Å². The fourth-order valence-electron chi connectivity index (χ4n) is 5.66. The highest BCUT2D eigenvalue weighted by molar-refractivity contribution is 5.85. The number of benzene rings is 4. The Morgan fingerprint density at radius 1 is 0.618 bits per heavy atom. The molecule has 0 saturated carbocycles. The van der Waals surface area contributed by atoms with E-state index in [1.807, 2.05) is 0 Å². The summed E-state index contributed by atoms with van der Waals surface area (Å²) in [4.78, 5) is 0. The van der Waals surface area contributed by atoms with Crippen molar-refractivity contribution >= 4 is 10.9 Å². The molecule has 0 N–H and O–H groups in total. The second-order valence-corrected chi connectivity index (χ2v) is 9.53. The van der Waals surface area contributed by atoms with Gasteiger partial charge in [-0.1, -0.05) is 109 Å². The fraction of sp³-hybridized carbons (Fsp3) is 0.212. The zero-order valence-electron chi connectivity index (χ0n) is 20.2. The molecule has 0 aliphatic heterocycles. The van der Waals surface area contributed by atoms with Gasteiger partial charge in [-0.2, -0.15) is 0 Å². The smallest absolute Gasteiger partial charge is 0.0482 e. The molecular formula is C33H33N. The quantitative estimate of drug-likeness (QED) is 0.228. The van der Waals surface area contributed by atoms with Crippen molar-refractivity contribution in [2.45, 2.75) is 32.1 Å². The number of aryl methyl sites for hydroxylation is 2. The van der Waals surface area contributed by atoms with Gasteiger partial charge < -0.3 is 4.57 Å². The van der Waals surface area contributed by atoms with Crippen molar-refractivity contribution in [3.8, 4) is 0 Å². The first kappa shape index (κ1) is 22.2. The molecule has 0 fully saturated rings. The van der Waals surface area contributed by atoms with Crippen molar-refractivity contribution in [3.05, 3.63) is 143 Å². The van der Waals surface area contributed by atoms with Gasteiger partial charge in [-0.15, -0.1) is 0 Å². The van der Waals surface area contributed by atoms with Gasteiger partial charge in [0.2, 0.25) is 0 Å². The number of aromatic nitrogens is 1. The van der Waals surface area contributed by atoms with Crippen LogP contribution in [-0.4, -0.2) is 4.57 Å². The highest BCUT2D eigenvalue weighted by Crippen LogP contribution is 2.38. The number of para-hydroxylation sites is 1. The molecule has 170 valence electrons. The average Bonchev–Trinajstić information content (AvgIpc) is 3.14. The second kappa shape index (κ2) is 10.1. The highest BCUT2D eigenvalue weighted by atomic mass is 15.0. The van der Waals surface area contributed by atoms with Gasteiger partial charge in [0.25, 0.3) is 0 Å². The largest absolute Gasteiger partial charge is 0.347 e. The Balaban J connectivity index is 1.57. The van der Waals surface area contributed by atoms with Crippen molar-refractivity contribution in [2.24, 2.45) is 13.0 Å². The van der Waals surface area contributed by atoms with Crippen molar-refractivity contribution in [3.63, 3.8) is 0 Å². The molecule has 5 rings (SSSR count). The maximum Gasteiger partial charge on any atom is 0.0482 e. The summed E-state index contributed by atoms with van der Waals surface area (Å²) in [5, 5.41) is 1.36. The highest BCUT2D eigenvalue weighted by Gasteiger charge is 2.26. The number of nitrogens with zero attached hydrogens (tertiary/aromatic N) is 1. The van der Waals surface area contributed by atoms with Crippen LogP contribution in [0.2, 0.25) is 0 Å². The maximum atomic E-state index is 2.43. The minimum Gasteiger partial charge on any atom is -0.347 e. The molecule has 5 aromatic rings. The lowest BCUT2D eigenvalue weighted by atomic mass is 9.80. The van der Waals surface area contributed by atoms with E-state index in [1.54, 1.807) is 0 Å². The van der Waals surface area contributed by atoms with Crippen LogP contribution < -0.4 is 0 Å². The summed E-state index contributed by atoms with van der Waals surface area (Å²) in [6, 6.07) is 41.9. The van der Waals surface area contributed by atoms with E-state index < -0.39 is 0 Å². The van der Waals surface area contributed by atoms with Crippen LogP contribution in [0.3, 0.4) is 0 Å². The first-order valence-electron chi connectivity index (χ1n) is 12.4. The summed E-state index contributed by atoms with van der Waals surface area (Å²) >= 11 is 0. The van der Waals surface area contributed by atoms with E-state index in [-0.39, 0.29) is 0 Å². The molecular weight excluding hydrogens is 410 g/mol. The molecule has 1 aromatic heterocycles. The van der Waals surface area contributed by atoms with Gasteiger partial charge in [0.15, 0.2) is 0 Å². The van der Waals surface area contributed by atoms with Gasteiger partial charge in [-0.25, -0.2) is 0 Å². The van der Waals surface area contributed by atoms with E-state index >= 15 is 0 Å². The summed E-state index contributed by atoms with van der Waals surface area (Å²) in [5.74, 6) is 0.878. The molecule has 1 heterocycles. The first-order chi connectivity index (χ1) is 16.7. The SMILES string of the molecule is Cc1c(C(CC(Cc2ccccc2)Cc2ccccc2)c2ccccc2)n(C)c2ccccc12. The first-order valence-corrected chi connectivity index (χ1v) is 12.4. The molecule has 1 heteroatoms. The Hall–Kier alpha value is -3.58. The number of fused-ring (bicyclic) bond motifs is 1. The van der Waals surface area contributed by atoms with Crippen molar-refractivity contribution in [2.75, 3.05) is 0 Å². The predicted octanol–water partition coefficient (Wildman–Crippen LogP) is 8.11. The topological polar surface area (TPSA) is 4.93 Å². The molecule has 1 nitrogen and oxygen atoms in total. The standard InChI is InChI=1S/C33H33N/c1-25-30-20-12-13-21-32(30)34(2)33(25)31(29-18-10-5-11-19-29)24-28(22-26-14-6-3-7-15-26)23-27-16-8-4-9-17-27/h3-21,28,31H,22-24H2,1-2H3. The average molecular weight is 444 g/mol. The van der Waals surface area contributed by atoms with Crippen molar-refractivity contribution in [1.29, 1.82) is 0 Å². The van der Waals surface area contributed by atoms with Crippen LogP contribution in [0.5, 0.6) is 0 Å². The molecule has 1 unspecified atom stereocenters. The lowest BCUT2D eigenvalue weighted by Gasteiger charge is -2.26. The Kier molecular flexibility index (Phi) is 6.62. The minimum absolute atomic E-state index is 0.344. The van der Waals surface area contributed by atoms with E-state index in [0.29, 0.717) is 11.8 Å². The zero-order chi connectivity index (χ0) is 23.3. The Labute approximate surface area is 203 Å². The molecule has 1 atom stereocenters. The number of rotatable bonds is 8. The molecule has 4 aromatic carbocycles. The maximum absolute atomic E-state index is 2.43. The summed E-state index contributed by atoms with van der Waals surface area (Å²) in [7, 11) is 2.24. The summed E-state index contributed by atoms with van der Waals surface area (Å²) in [6.07, 6.45) is 3.28. The number of hydrogen-bond acceptors (Lipinski definition) is 0. The van der Waals surface area contributed by atoms with E-state index in [1.165, 1.54) is 38.9 Å². The van der Waals surface area contributed by atoms with Crippen LogP contribution in [0.1, 0.15) is 40.3 Å². The fourth-order valence-corrected chi connectivity index (χ4v) is 5.66. The Morgan fingerprint density at radius 2 is 1.12 bits per heavy atom. The van der Waals surface area contributed by atoms with Crippen LogP contribution in [0, 0.1) is 12.8 Å². The van der Waals surface area contributed by atoms with Gasteiger partial charge >= 0.3 is 0 Å². The summed E-state index contributed by atoms with van der Waals surface area (Å²) in [5.41, 5.74) is 8.41. The number of hydrogen-bond donors (Lipinski definition) is 0. The summed E-state index contributed by atoms with van der Waals surface area (Å²) < 4.78 is 2.43. The van der Waals surface area contributed by atoms with Gasteiger partial charge in [0, 0.05) is 29.6 Å². The van der Waals surface area contributed by atoms with Crippen LogP contribution in [0.4, 0.5) is 0 Å². The van der Waals surface area contributed by atoms with Crippen molar-refractivity contribution in [1.82, 2.24) is 4.57 Å². The van der Waals surface area contributed by atoms with Crippen LogP contribution in [-0.2, 0) is 19.9 Å². The molecule has 0 radical (unpaired) electrons. The van der Waals surface area contributed by atoms with Gasteiger partial charge in [-0.05, 0) is 60.4 Å². The van der Waals surface area contributed by atoms with E-state index in [4.69, 9.17) is 0 Å². The molecule has 0 bridgehead atoms. The van der Waals surface area contributed by atoms with Crippen molar-refractivity contribution < 1.29 is 0 Å². The van der Waals surface area contributed by atoms with Crippen LogP contribution in [0.25, 0.3) is 10.9 Å². The monoisotopic (exact) mass is 443 g/mol. The molecule has 0 aliphatic rings. The third-order valence-electron chi connectivity index (χ3n) is 7.25. The molecule has 0 amide bonds. The molecule has 0 aliphatic carbocycles. The zero-order valence-corrected chi connectivity index (χ0v) is 20.2. The Bertz CT molecular complexity index is 1250. The van der Waals surface area contributed by atoms with Gasteiger partial charge in [0.05, 0.1) is 0 Å². The van der Waals surface area contributed by atoms with E-state index in [0.717, 1.165) is 19.3 Å². The normalized spacial score (nSPS) is 12.3. The lowest BCUT2D eigenvalue weighted by Crippen LogP contribution is -2.17. The molecule has 34 heavy (non-hydrogen) atoms. The third-order valence-corrected chi connectivity index (χ3v) is 7.25. The third kappa shape index (κ3) is 4.70. The summed E-state index contributed by atoms with van der Waals surface area (Å²) in [6.45, 7) is 2.30. The van der Waals surface area contributed by atoms with Crippen LogP contribution in [0.15, 0.2) is 115 Å². The lowest BCUT2D eigenvalue weighted by molar-refractivity contribution is 0.445. The molecule has 0 saturated heterocycles. The minimum atomic E-state index is 0.344. The van der Waals surface area contributed by atoms with E-state index in [2.05, 4.69) is 134 Å². The second-order valence-electron chi connectivity index (χ2n) is 9.53. The Morgan fingerprint density at radius 3 is 1.68 bits per heavy atom. The van der Waals surface area contributed by atoms with Crippen LogP contribution >= 0.6 is 0 Å².